The molecule has 0 aliphatic rings. The molecule has 2 rings (SSSR count). The lowest BCUT2D eigenvalue weighted by Crippen LogP contribution is -2.18. The van der Waals surface area contributed by atoms with Crippen molar-refractivity contribution in [3.05, 3.63) is 52.9 Å². The molecule has 0 saturated carbocycles. The number of para-hydroxylation sites is 1. The van der Waals surface area contributed by atoms with Crippen molar-refractivity contribution >= 4 is 7.60 Å². The summed E-state index contributed by atoms with van der Waals surface area (Å²) in [4.78, 5) is 29.7. The first kappa shape index (κ1) is 14.5. The number of ether oxygens (including phenoxy) is 1. The van der Waals surface area contributed by atoms with Gasteiger partial charge in [-0.25, -0.2) is 0 Å². The van der Waals surface area contributed by atoms with E-state index in [1.54, 1.807) is 18.2 Å². The lowest BCUT2D eigenvalue weighted by atomic mass is 10.1. The van der Waals surface area contributed by atoms with Gasteiger partial charge >= 0.3 is 7.60 Å². The fraction of sp³-hybridized carbons (Fsp3) is 0.154. The maximum Gasteiger partial charge on any atom is 0.345 e. The first-order chi connectivity index (χ1) is 9.40. The summed E-state index contributed by atoms with van der Waals surface area (Å²) < 4.78 is 17.1. The van der Waals surface area contributed by atoms with E-state index >= 15 is 0 Å². The summed E-state index contributed by atoms with van der Waals surface area (Å²) in [5.74, 6) is 0.625. The zero-order valence-electron chi connectivity index (χ0n) is 10.8. The molecule has 1 aromatic carbocycles. The molecule has 20 heavy (non-hydrogen) atoms. The van der Waals surface area contributed by atoms with E-state index in [1.807, 2.05) is 12.1 Å². The molecule has 0 saturated heterocycles. The van der Waals surface area contributed by atoms with E-state index in [0.717, 1.165) is 10.1 Å². The van der Waals surface area contributed by atoms with Gasteiger partial charge in [0.05, 0.1) is 7.11 Å². The number of hydrogen-bond donors (Lipinski definition) is 2. The Morgan fingerprint density at radius 2 is 1.95 bits per heavy atom. The number of hydrogen-bond acceptors (Lipinski definition) is 3. The van der Waals surface area contributed by atoms with Crippen molar-refractivity contribution in [1.82, 2.24) is 4.57 Å². The topological polar surface area (TPSA) is 88.8 Å². The Morgan fingerprint density at radius 3 is 2.55 bits per heavy atom. The quantitative estimate of drug-likeness (QED) is 0.837. The molecule has 2 aromatic rings. The van der Waals surface area contributed by atoms with Crippen molar-refractivity contribution in [1.29, 1.82) is 0 Å². The highest BCUT2D eigenvalue weighted by Gasteiger charge is 2.15. The van der Waals surface area contributed by atoms with E-state index in [4.69, 9.17) is 14.5 Å². The summed E-state index contributed by atoms with van der Waals surface area (Å²) in [7, 11) is -2.74. The van der Waals surface area contributed by atoms with Crippen LogP contribution in [0.15, 0.2) is 47.4 Å². The van der Waals surface area contributed by atoms with Crippen LogP contribution in [0.2, 0.25) is 0 Å². The average Bonchev–Trinajstić information content (AvgIpc) is 2.39. The third-order valence-corrected chi connectivity index (χ3v) is 3.42. The number of benzene rings is 1. The van der Waals surface area contributed by atoms with E-state index < -0.39 is 19.4 Å². The number of methoxy groups -OCH3 is 1. The van der Waals surface area contributed by atoms with Crippen LogP contribution < -0.4 is 10.3 Å². The Hall–Kier alpha value is -1.88. The van der Waals surface area contributed by atoms with Gasteiger partial charge in [-0.2, -0.15) is 0 Å². The van der Waals surface area contributed by atoms with Crippen LogP contribution in [0.4, 0.5) is 0 Å². The highest BCUT2D eigenvalue weighted by atomic mass is 31.2. The van der Waals surface area contributed by atoms with Crippen LogP contribution in [0.25, 0.3) is 11.1 Å². The number of pyridine rings is 1. The zero-order valence-corrected chi connectivity index (χ0v) is 11.7. The standard InChI is InChI=1S/C13H14NO5P/c1-19-12-5-3-2-4-11(12)10-6-7-14(13(15)8-10)9-20(16,17)18/h2-8H,9H2,1H3,(H2,16,17,18). The minimum atomic E-state index is -4.28. The fourth-order valence-electron chi connectivity index (χ4n) is 1.87. The van der Waals surface area contributed by atoms with E-state index in [2.05, 4.69) is 0 Å². The number of rotatable bonds is 4. The largest absolute Gasteiger partial charge is 0.496 e. The second kappa shape index (κ2) is 5.63. The molecule has 1 heterocycles. The van der Waals surface area contributed by atoms with Crippen molar-refractivity contribution in [3.63, 3.8) is 0 Å². The van der Waals surface area contributed by atoms with Crippen molar-refractivity contribution in [2.75, 3.05) is 7.11 Å². The molecular weight excluding hydrogens is 281 g/mol. The third-order valence-electron chi connectivity index (χ3n) is 2.75. The Kier molecular flexibility index (Phi) is 4.09. The molecule has 0 spiro atoms. The fourth-order valence-corrected chi connectivity index (χ4v) is 2.50. The molecule has 2 N–H and O–H groups in total. The molecule has 106 valence electrons. The van der Waals surface area contributed by atoms with Gasteiger partial charge in [0.25, 0.3) is 5.56 Å². The first-order valence-electron chi connectivity index (χ1n) is 5.79. The van der Waals surface area contributed by atoms with Crippen LogP contribution in [0, 0.1) is 0 Å². The van der Waals surface area contributed by atoms with E-state index in [1.165, 1.54) is 19.4 Å². The lowest BCUT2D eigenvalue weighted by molar-refractivity contribution is 0.361. The molecule has 7 heteroatoms. The Bertz CT molecular complexity index is 719. The van der Waals surface area contributed by atoms with Crippen LogP contribution in [0.3, 0.4) is 0 Å². The van der Waals surface area contributed by atoms with Crippen LogP contribution in [0.1, 0.15) is 0 Å². The minimum Gasteiger partial charge on any atom is -0.496 e. The molecule has 0 bridgehead atoms. The maximum atomic E-state index is 11.9. The molecule has 0 atom stereocenters. The molecule has 0 aliphatic carbocycles. The minimum absolute atomic E-state index is 0.475. The van der Waals surface area contributed by atoms with Gasteiger partial charge in [-0.15, -0.1) is 0 Å². The average molecular weight is 295 g/mol. The number of aromatic nitrogens is 1. The van der Waals surface area contributed by atoms with Gasteiger partial charge in [0.2, 0.25) is 0 Å². The third kappa shape index (κ3) is 3.36. The Labute approximate surface area is 115 Å². The van der Waals surface area contributed by atoms with Gasteiger partial charge in [-0.3, -0.25) is 9.36 Å². The predicted octanol–water partition coefficient (Wildman–Crippen LogP) is 1.66. The summed E-state index contributed by atoms with van der Waals surface area (Å²) >= 11 is 0. The van der Waals surface area contributed by atoms with Crippen LogP contribution in [-0.4, -0.2) is 21.5 Å². The monoisotopic (exact) mass is 295 g/mol. The highest BCUT2D eigenvalue weighted by Crippen LogP contribution is 2.36. The van der Waals surface area contributed by atoms with Crippen molar-refractivity contribution in [2.45, 2.75) is 6.29 Å². The van der Waals surface area contributed by atoms with Crippen molar-refractivity contribution in [2.24, 2.45) is 0 Å². The summed E-state index contributed by atoms with van der Waals surface area (Å²) in [6.07, 6.45) is 0.737. The van der Waals surface area contributed by atoms with E-state index in [-0.39, 0.29) is 0 Å². The van der Waals surface area contributed by atoms with Gasteiger partial charge in [0.15, 0.2) is 0 Å². The van der Waals surface area contributed by atoms with Gasteiger partial charge in [-0.1, -0.05) is 18.2 Å². The van der Waals surface area contributed by atoms with Gasteiger partial charge < -0.3 is 19.1 Å². The Balaban J connectivity index is 2.44. The molecule has 1 aromatic heterocycles. The molecule has 0 aliphatic heterocycles. The predicted molar refractivity (Wildman–Crippen MR) is 74.7 cm³/mol. The van der Waals surface area contributed by atoms with E-state index in [9.17, 15) is 9.36 Å². The maximum absolute atomic E-state index is 11.9. The van der Waals surface area contributed by atoms with Crippen LogP contribution in [-0.2, 0) is 10.9 Å². The zero-order chi connectivity index (χ0) is 14.8. The summed E-state index contributed by atoms with van der Waals surface area (Å²) in [5, 5.41) is 0. The second-order valence-corrected chi connectivity index (χ2v) is 5.84. The SMILES string of the molecule is COc1ccccc1-c1ccn(CP(=O)(O)O)c(=O)c1. The summed E-state index contributed by atoms with van der Waals surface area (Å²) in [6.45, 7) is 0. The van der Waals surface area contributed by atoms with Crippen LogP contribution >= 0.6 is 7.60 Å². The summed E-state index contributed by atoms with van der Waals surface area (Å²) in [6, 6.07) is 10.2. The van der Waals surface area contributed by atoms with Gasteiger partial charge in [-0.05, 0) is 17.7 Å². The summed E-state index contributed by atoms with van der Waals surface area (Å²) in [5.41, 5.74) is 0.904. The highest BCUT2D eigenvalue weighted by molar-refractivity contribution is 7.50. The lowest BCUT2D eigenvalue weighted by Gasteiger charge is -2.10. The molecule has 6 nitrogen and oxygen atoms in total. The Morgan fingerprint density at radius 1 is 1.25 bits per heavy atom. The molecule has 0 unspecified atom stereocenters. The van der Waals surface area contributed by atoms with Crippen LogP contribution in [0.5, 0.6) is 5.75 Å². The molecule has 0 amide bonds. The molecule has 0 fully saturated rings. The smallest absolute Gasteiger partial charge is 0.345 e. The van der Waals surface area contributed by atoms with E-state index in [0.29, 0.717) is 11.3 Å². The molecule has 0 radical (unpaired) electrons. The second-order valence-electron chi connectivity index (χ2n) is 4.23. The van der Waals surface area contributed by atoms with Crippen molar-refractivity contribution in [3.8, 4) is 16.9 Å². The van der Waals surface area contributed by atoms with Gasteiger partial charge in [0, 0.05) is 17.8 Å². The number of nitrogens with zero attached hydrogens (tertiary/aromatic N) is 1. The first-order valence-corrected chi connectivity index (χ1v) is 7.59. The van der Waals surface area contributed by atoms with Gasteiger partial charge in [0.1, 0.15) is 12.0 Å². The van der Waals surface area contributed by atoms with Crippen molar-refractivity contribution < 1.29 is 19.1 Å². The molecular formula is C13H14NO5P. The normalized spacial score (nSPS) is 11.3.